The van der Waals surface area contributed by atoms with Gasteiger partial charge in [-0.1, -0.05) is 31.2 Å². The van der Waals surface area contributed by atoms with Gasteiger partial charge in [0.1, 0.15) is 0 Å². The number of benzene rings is 2. The normalized spacial score (nSPS) is 10.2. The molecular weight excluding hydrogens is 250 g/mol. The Labute approximate surface area is 118 Å². The average molecular weight is 269 g/mol. The maximum atomic E-state index is 11.2. The van der Waals surface area contributed by atoms with Gasteiger partial charge in [0.2, 0.25) is 5.91 Å². The summed E-state index contributed by atoms with van der Waals surface area (Å²) >= 11 is 0. The minimum Gasteiger partial charge on any atom is -0.397 e. The van der Waals surface area contributed by atoms with Crippen molar-refractivity contribution < 1.29 is 4.79 Å². The summed E-state index contributed by atoms with van der Waals surface area (Å²) in [4.78, 5) is 11.2. The molecule has 0 atom stereocenters. The van der Waals surface area contributed by atoms with Gasteiger partial charge in [-0.25, -0.2) is 0 Å². The molecule has 0 fully saturated rings. The number of amides is 1. The number of nitrogens with two attached hydrogens (primary N) is 2. The first kappa shape index (κ1) is 13.9. The largest absolute Gasteiger partial charge is 0.397 e. The van der Waals surface area contributed by atoms with Crippen LogP contribution in [-0.2, 0) is 13.0 Å². The van der Waals surface area contributed by atoms with E-state index in [2.05, 4.69) is 24.4 Å². The van der Waals surface area contributed by atoms with Gasteiger partial charge in [0.05, 0.1) is 11.4 Å². The van der Waals surface area contributed by atoms with Crippen molar-refractivity contribution in [3.8, 4) is 0 Å². The van der Waals surface area contributed by atoms with Crippen molar-refractivity contribution in [2.45, 2.75) is 19.9 Å². The van der Waals surface area contributed by atoms with Crippen molar-refractivity contribution in [1.82, 2.24) is 0 Å². The van der Waals surface area contributed by atoms with Gasteiger partial charge in [-0.15, -0.1) is 0 Å². The molecule has 0 radical (unpaired) electrons. The molecule has 0 saturated heterocycles. The number of hydrogen-bond donors (Lipinski definition) is 3. The highest BCUT2D eigenvalue weighted by molar-refractivity contribution is 5.94. The molecule has 0 saturated carbocycles. The average Bonchev–Trinajstić information content (AvgIpc) is 2.46. The molecule has 2 rings (SSSR count). The van der Waals surface area contributed by atoms with E-state index in [0.717, 1.165) is 12.1 Å². The number of anilines is 2. The van der Waals surface area contributed by atoms with Gasteiger partial charge >= 0.3 is 0 Å². The molecule has 4 heteroatoms. The predicted octanol–water partition coefficient (Wildman–Crippen LogP) is 2.54. The first-order chi connectivity index (χ1) is 9.61. The summed E-state index contributed by atoms with van der Waals surface area (Å²) in [7, 11) is 0. The molecule has 0 aromatic heterocycles. The molecule has 0 aliphatic heterocycles. The fourth-order valence-corrected chi connectivity index (χ4v) is 2.13. The Kier molecular flexibility index (Phi) is 4.25. The highest BCUT2D eigenvalue weighted by Crippen LogP contribution is 2.21. The van der Waals surface area contributed by atoms with Crippen molar-refractivity contribution in [1.29, 1.82) is 0 Å². The van der Waals surface area contributed by atoms with E-state index in [1.807, 2.05) is 12.1 Å². The smallest absolute Gasteiger partial charge is 0.248 e. The standard InChI is InChI=1S/C16H19N3O/c1-2-11-5-3-4-6-13(11)10-19-15-9-12(16(18)20)7-8-14(15)17/h3-9,19H,2,10,17H2,1H3,(H2,18,20). The summed E-state index contributed by atoms with van der Waals surface area (Å²) in [5.41, 5.74) is 15.5. The van der Waals surface area contributed by atoms with E-state index in [1.54, 1.807) is 18.2 Å². The lowest BCUT2D eigenvalue weighted by atomic mass is 10.1. The topological polar surface area (TPSA) is 81.1 Å². The molecule has 0 aliphatic rings. The van der Waals surface area contributed by atoms with Crippen LogP contribution < -0.4 is 16.8 Å². The first-order valence-electron chi connectivity index (χ1n) is 6.61. The number of rotatable bonds is 5. The molecule has 5 N–H and O–H groups in total. The van der Waals surface area contributed by atoms with Crippen molar-refractivity contribution in [2.24, 2.45) is 5.73 Å². The zero-order valence-electron chi connectivity index (χ0n) is 11.5. The molecule has 1 amide bonds. The Balaban J connectivity index is 2.18. The Bertz CT molecular complexity index is 623. The van der Waals surface area contributed by atoms with E-state index in [9.17, 15) is 4.79 Å². The van der Waals surface area contributed by atoms with Crippen LogP contribution >= 0.6 is 0 Å². The van der Waals surface area contributed by atoms with Crippen LogP contribution in [0.5, 0.6) is 0 Å². The van der Waals surface area contributed by atoms with Gasteiger partial charge in [-0.2, -0.15) is 0 Å². The highest BCUT2D eigenvalue weighted by Gasteiger charge is 2.06. The van der Waals surface area contributed by atoms with Crippen molar-refractivity contribution in [3.05, 3.63) is 59.2 Å². The summed E-state index contributed by atoms with van der Waals surface area (Å²) < 4.78 is 0. The van der Waals surface area contributed by atoms with E-state index in [0.29, 0.717) is 17.8 Å². The van der Waals surface area contributed by atoms with E-state index in [4.69, 9.17) is 11.5 Å². The molecule has 0 bridgehead atoms. The molecular formula is C16H19N3O. The summed E-state index contributed by atoms with van der Waals surface area (Å²) in [5, 5.41) is 3.27. The second kappa shape index (κ2) is 6.10. The molecule has 4 nitrogen and oxygen atoms in total. The van der Waals surface area contributed by atoms with Crippen molar-refractivity contribution in [2.75, 3.05) is 11.1 Å². The van der Waals surface area contributed by atoms with Crippen LogP contribution in [0, 0.1) is 0 Å². The van der Waals surface area contributed by atoms with Crippen LogP contribution in [0.25, 0.3) is 0 Å². The molecule has 2 aromatic carbocycles. The summed E-state index contributed by atoms with van der Waals surface area (Å²) in [6, 6.07) is 13.2. The Hall–Kier alpha value is -2.49. The van der Waals surface area contributed by atoms with E-state index < -0.39 is 5.91 Å². The van der Waals surface area contributed by atoms with Crippen molar-refractivity contribution in [3.63, 3.8) is 0 Å². The third kappa shape index (κ3) is 3.09. The molecule has 20 heavy (non-hydrogen) atoms. The number of nitrogens with one attached hydrogen (secondary N) is 1. The van der Waals surface area contributed by atoms with Crippen LogP contribution in [0.15, 0.2) is 42.5 Å². The third-order valence-electron chi connectivity index (χ3n) is 3.31. The highest BCUT2D eigenvalue weighted by atomic mass is 16.1. The number of carbonyl (C=O) groups excluding carboxylic acids is 1. The lowest BCUT2D eigenvalue weighted by Gasteiger charge is -2.12. The molecule has 0 spiro atoms. The predicted molar refractivity (Wildman–Crippen MR) is 82.5 cm³/mol. The molecule has 0 heterocycles. The lowest BCUT2D eigenvalue weighted by Crippen LogP contribution is -2.12. The molecule has 0 aliphatic carbocycles. The van der Waals surface area contributed by atoms with Gasteiger partial charge < -0.3 is 16.8 Å². The summed E-state index contributed by atoms with van der Waals surface area (Å²) in [6.45, 7) is 2.79. The van der Waals surface area contributed by atoms with Gasteiger partial charge in [0.15, 0.2) is 0 Å². The number of primary amides is 1. The number of carbonyl (C=O) groups is 1. The van der Waals surface area contributed by atoms with Crippen LogP contribution in [0.1, 0.15) is 28.4 Å². The van der Waals surface area contributed by atoms with E-state index in [1.165, 1.54) is 11.1 Å². The molecule has 0 unspecified atom stereocenters. The maximum Gasteiger partial charge on any atom is 0.248 e. The fourth-order valence-electron chi connectivity index (χ4n) is 2.13. The van der Waals surface area contributed by atoms with Crippen LogP contribution in [0.2, 0.25) is 0 Å². The van der Waals surface area contributed by atoms with E-state index in [-0.39, 0.29) is 0 Å². The van der Waals surface area contributed by atoms with Crippen LogP contribution in [-0.4, -0.2) is 5.91 Å². The maximum absolute atomic E-state index is 11.2. The van der Waals surface area contributed by atoms with Gasteiger partial charge in [0.25, 0.3) is 0 Å². The molecule has 104 valence electrons. The zero-order valence-corrected chi connectivity index (χ0v) is 11.5. The quantitative estimate of drug-likeness (QED) is 0.730. The molecule has 2 aromatic rings. The fraction of sp³-hybridized carbons (Fsp3) is 0.188. The minimum absolute atomic E-state index is 0.450. The summed E-state index contributed by atoms with van der Waals surface area (Å²) in [6.07, 6.45) is 0.981. The second-order valence-electron chi connectivity index (χ2n) is 4.64. The van der Waals surface area contributed by atoms with E-state index >= 15 is 0 Å². The first-order valence-corrected chi connectivity index (χ1v) is 6.61. The van der Waals surface area contributed by atoms with Gasteiger partial charge in [0, 0.05) is 12.1 Å². The Morgan fingerprint density at radius 1 is 1.15 bits per heavy atom. The zero-order chi connectivity index (χ0) is 14.5. The number of hydrogen-bond acceptors (Lipinski definition) is 3. The second-order valence-corrected chi connectivity index (χ2v) is 4.64. The lowest BCUT2D eigenvalue weighted by molar-refractivity contribution is 0.100. The minimum atomic E-state index is -0.456. The van der Waals surface area contributed by atoms with Gasteiger partial charge in [-0.3, -0.25) is 4.79 Å². The van der Waals surface area contributed by atoms with Gasteiger partial charge in [-0.05, 0) is 35.7 Å². The van der Waals surface area contributed by atoms with Crippen LogP contribution in [0.4, 0.5) is 11.4 Å². The summed E-state index contributed by atoms with van der Waals surface area (Å²) in [5.74, 6) is -0.456. The number of nitrogen functional groups attached to an aromatic ring is 1. The van der Waals surface area contributed by atoms with Crippen LogP contribution in [0.3, 0.4) is 0 Å². The third-order valence-corrected chi connectivity index (χ3v) is 3.31. The van der Waals surface area contributed by atoms with Crippen molar-refractivity contribution >= 4 is 17.3 Å². The Morgan fingerprint density at radius 3 is 2.50 bits per heavy atom. The Morgan fingerprint density at radius 2 is 1.85 bits per heavy atom. The monoisotopic (exact) mass is 269 g/mol. The SMILES string of the molecule is CCc1ccccc1CNc1cc(C(N)=O)ccc1N. The number of aryl methyl sites for hydroxylation is 1.